The van der Waals surface area contributed by atoms with Crippen LogP contribution in [0.1, 0.15) is 0 Å². The fourth-order valence-corrected chi connectivity index (χ4v) is 8.12. The summed E-state index contributed by atoms with van der Waals surface area (Å²) in [4.78, 5) is 15.3. The van der Waals surface area contributed by atoms with Crippen molar-refractivity contribution in [2.24, 2.45) is 0 Å². The molecule has 57 heavy (non-hydrogen) atoms. The van der Waals surface area contributed by atoms with E-state index in [0.717, 1.165) is 94.1 Å². The molecule has 11 aromatic rings. The van der Waals surface area contributed by atoms with Crippen LogP contribution in [0.3, 0.4) is 0 Å². The molecule has 0 unspecified atom stereocenters. The van der Waals surface area contributed by atoms with Crippen LogP contribution in [0.15, 0.2) is 205 Å². The number of nitrogens with zero attached hydrogens (tertiary/aromatic N) is 3. The van der Waals surface area contributed by atoms with Crippen LogP contribution in [0.5, 0.6) is 0 Å². The summed E-state index contributed by atoms with van der Waals surface area (Å²) in [6, 6.07) is 69.5. The van der Waals surface area contributed by atoms with Crippen LogP contribution >= 0.6 is 0 Å². The second-order valence-electron chi connectivity index (χ2n) is 14.3. The summed E-state index contributed by atoms with van der Waals surface area (Å²) < 4.78 is 6.78. The van der Waals surface area contributed by atoms with Crippen molar-refractivity contribution < 1.29 is 4.42 Å². The van der Waals surface area contributed by atoms with Gasteiger partial charge in [-0.05, 0) is 41.0 Å². The minimum absolute atomic E-state index is 0.691. The van der Waals surface area contributed by atoms with Crippen LogP contribution in [0, 0.1) is 0 Å². The number of fused-ring (bicyclic) bond motifs is 7. The smallest absolute Gasteiger partial charge is 0.160 e. The Kier molecular flexibility index (Phi) is 7.78. The third-order valence-corrected chi connectivity index (χ3v) is 10.9. The van der Waals surface area contributed by atoms with E-state index in [0.29, 0.717) is 5.82 Å². The van der Waals surface area contributed by atoms with Crippen molar-refractivity contribution in [2.45, 2.75) is 0 Å². The largest absolute Gasteiger partial charge is 0.455 e. The third kappa shape index (κ3) is 5.74. The predicted molar refractivity (Wildman–Crippen MR) is 235 cm³/mol. The Labute approximate surface area is 329 Å². The van der Waals surface area contributed by atoms with E-state index in [1.54, 1.807) is 0 Å². The fourth-order valence-electron chi connectivity index (χ4n) is 8.12. The number of aromatic nitrogens is 3. The summed E-state index contributed by atoms with van der Waals surface area (Å²) in [6.07, 6.45) is 0. The van der Waals surface area contributed by atoms with Crippen molar-refractivity contribution in [3.8, 4) is 67.4 Å². The quantitative estimate of drug-likeness (QED) is 0.160. The second kappa shape index (κ2) is 13.6. The lowest BCUT2D eigenvalue weighted by Crippen LogP contribution is -1.96. The van der Waals surface area contributed by atoms with Gasteiger partial charge in [0.25, 0.3) is 0 Å². The van der Waals surface area contributed by atoms with Gasteiger partial charge < -0.3 is 4.42 Å². The van der Waals surface area contributed by atoms with Crippen LogP contribution < -0.4 is 0 Å². The van der Waals surface area contributed by atoms with E-state index < -0.39 is 0 Å². The first kappa shape index (κ1) is 32.7. The van der Waals surface area contributed by atoms with Gasteiger partial charge in [0.2, 0.25) is 0 Å². The monoisotopic (exact) mass is 727 g/mol. The molecule has 0 saturated carbocycles. The number of rotatable bonds is 6. The van der Waals surface area contributed by atoms with E-state index in [-0.39, 0.29) is 0 Å². The van der Waals surface area contributed by atoms with Crippen molar-refractivity contribution in [3.63, 3.8) is 0 Å². The third-order valence-electron chi connectivity index (χ3n) is 10.9. The zero-order chi connectivity index (χ0) is 37.7. The molecule has 0 aliphatic carbocycles. The standard InChI is InChI=1S/C53H33N3O/c1-4-13-34(14-5-1)35-23-27-37(28-24-35)46-33-47(56-53(55-46)40-17-8-3-9-18-40)38-29-25-36(26-30-38)41-20-12-21-44-50-48(57-52(41)44)32-31-43-49(50)42-19-10-11-22-45(42)54-51(43)39-15-6-2-7-16-39/h1-33H. The lowest BCUT2D eigenvalue weighted by Gasteiger charge is -2.11. The molecular weight excluding hydrogens is 695 g/mol. The number of pyridine rings is 1. The molecule has 0 N–H and O–H groups in total. The minimum Gasteiger partial charge on any atom is -0.455 e. The Morgan fingerprint density at radius 1 is 0.333 bits per heavy atom. The van der Waals surface area contributed by atoms with Gasteiger partial charge in [0.15, 0.2) is 5.82 Å². The van der Waals surface area contributed by atoms with Crippen LogP contribution in [-0.2, 0) is 0 Å². The Morgan fingerprint density at radius 3 is 1.56 bits per heavy atom. The van der Waals surface area contributed by atoms with Crippen LogP contribution in [0.2, 0.25) is 0 Å². The highest BCUT2D eigenvalue weighted by atomic mass is 16.3. The van der Waals surface area contributed by atoms with Crippen LogP contribution in [0.4, 0.5) is 0 Å². The Bertz CT molecular complexity index is 3250. The topological polar surface area (TPSA) is 51.8 Å². The Balaban J connectivity index is 1.02. The van der Waals surface area contributed by atoms with E-state index in [1.807, 2.05) is 30.3 Å². The van der Waals surface area contributed by atoms with Crippen LogP contribution in [0.25, 0.3) is 111 Å². The number of para-hydroxylation sites is 2. The zero-order valence-electron chi connectivity index (χ0n) is 30.8. The van der Waals surface area contributed by atoms with Gasteiger partial charge in [0.1, 0.15) is 11.2 Å². The van der Waals surface area contributed by atoms with E-state index in [1.165, 1.54) is 11.1 Å². The van der Waals surface area contributed by atoms with Crippen molar-refractivity contribution in [1.82, 2.24) is 15.0 Å². The Hall–Kier alpha value is -7.69. The fraction of sp³-hybridized carbons (Fsp3) is 0. The molecule has 0 saturated heterocycles. The van der Waals surface area contributed by atoms with E-state index in [2.05, 4.69) is 170 Å². The molecule has 4 heteroatoms. The maximum atomic E-state index is 6.78. The van der Waals surface area contributed by atoms with E-state index in [9.17, 15) is 0 Å². The molecule has 0 fully saturated rings. The SMILES string of the molecule is c1ccc(-c2ccc(-c3cc(-c4ccc(-c5cccc6c5oc5ccc7c(-c8ccccc8)nc8ccccc8c7c56)cc4)nc(-c4ccccc4)n3)cc2)cc1. The lowest BCUT2D eigenvalue weighted by molar-refractivity contribution is 0.670. The Morgan fingerprint density at radius 2 is 0.877 bits per heavy atom. The molecule has 11 rings (SSSR count). The maximum Gasteiger partial charge on any atom is 0.160 e. The van der Waals surface area contributed by atoms with Crippen molar-refractivity contribution in [2.75, 3.05) is 0 Å². The molecule has 4 nitrogen and oxygen atoms in total. The molecule has 0 bridgehead atoms. The van der Waals surface area contributed by atoms with Crippen LogP contribution in [-0.4, -0.2) is 15.0 Å². The summed E-state index contributed by atoms with van der Waals surface area (Å²) >= 11 is 0. The number of hydrogen-bond acceptors (Lipinski definition) is 4. The normalized spacial score (nSPS) is 11.5. The molecule has 0 atom stereocenters. The van der Waals surface area contributed by atoms with Gasteiger partial charge in [0, 0.05) is 54.7 Å². The molecule has 0 radical (unpaired) electrons. The number of benzene rings is 8. The van der Waals surface area contributed by atoms with Crippen molar-refractivity contribution >= 4 is 43.6 Å². The second-order valence-corrected chi connectivity index (χ2v) is 14.3. The highest BCUT2D eigenvalue weighted by molar-refractivity contribution is 6.29. The minimum atomic E-state index is 0.691. The molecule has 3 aromatic heterocycles. The average Bonchev–Trinajstić information content (AvgIpc) is 3.69. The summed E-state index contributed by atoms with van der Waals surface area (Å²) in [5.74, 6) is 0.691. The highest BCUT2D eigenvalue weighted by Crippen LogP contribution is 2.43. The van der Waals surface area contributed by atoms with Crippen molar-refractivity contribution in [3.05, 3.63) is 200 Å². The summed E-state index contributed by atoms with van der Waals surface area (Å²) in [7, 11) is 0. The maximum absolute atomic E-state index is 6.78. The van der Waals surface area contributed by atoms with Gasteiger partial charge in [-0.2, -0.15) is 0 Å². The lowest BCUT2D eigenvalue weighted by atomic mass is 9.95. The number of furan rings is 1. The number of hydrogen-bond donors (Lipinski definition) is 0. The van der Waals surface area contributed by atoms with Gasteiger partial charge in [-0.1, -0.05) is 176 Å². The first-order chi connectivity index (χ1) is 28.2. The highest BCUT2D eigenvalue weighted by Gasteiger charge is 2.19. The summed E-state index contributed by atoms with van der Waals surface area (Å²) in [5.41, 5.74) is 14.0. The van der Waals surface area contributed by atoms with Gasteiger partial charge in [-0.15, -0.1) is 0 Å². The molecule has 0 spiro atoms. The van der Waals surface area contributed by atoms with E-state index in [4.69, 9.17) is 19.4 Å². The molecule has 0 aliphatic rings. The molecule has 0 aliphatic heterocycles. The molecule has 3 heterocycles. The predicted octanol–water partition coefficient (Wildman–Crippen LogP) is 14.1. The van der Waals surface area contributed by atoms with E-state index >= 15 is 0 Å². The molecule has 266 valence electrons. The summed E-state index contributed by atoms with van der Waals surface area (Å²) in [6.45, 7) is 0. The van der Waals surface area contributed by atoms with Gasteiger partial charge in [0.05, 0.1) is 22.6 Å². The molecule has 0 amide bonds. The van der Waals surface area contributed by atoms with Gasteiger partial charge >= 0.3 is 0 Å². The van der Waals surface area contributed by atoms with Gasteiger partial charge in [-0.25, -0.2) is 15.0 Å². The molecular formula is C53H33N3O. The molecule has 8 aromatic carbocycles. The first-order valence-corrected chi connectivity index (χ1v) is 19.2. The average molecular weight is 728 g/mol. The van der Waals surface area contributed by atoms with Gasteiger partial charge in [-0.3, -0.25) is 0 Å². The zero-order valence-corrected chi connectivity index (χ0v) is 30.8. The first-order valence-electron chi connectivity index (χ1n) is 19.2. The summed E-state index contributed by atoms with van der Waals surface area (Å²) in [5, 5.41) is 5.57. The van der Waals surface area contributed by atoms with Crippen molar-refractivity contribution in [1.29, 1.82) is 0 Å².